The minimum absolute atomic E-state index is 0.0911. The van der Waals surface area contributed by atoms with E-state index in [1.165, 1.54) is 5.56 Å². The first-order valence-electron chi connectivity index (χ1n) is 8.82. The second kappa shape index (κ2) is 9.04. The molecule has 0 bridgehead atoms. The highest BCUT2D eigenvalue weighted by atomic mass is 79.9. The van der Waals surface area contributed by atoms with Crippen LogP contribution in [-0.4, -0.2) is 25.0 Å². The van der Waals surface area contributed by atoms with E-state index in [9.17, 15) is 9.59 Å². The Balaban J connectivity index is 1.81. The van der Waals surface area contributed by atoms with E-state index in [4.69, 9.17) is 0 Å². The van der Waals surface area contributed by atoms with Crippen molar-refractivity contribution in [3.05, 3.63) is 63.6 Å². The van der Waals surface area contributed by atoms with Crippen LogP contribution in [0.15, 0.2) is 46.9 Å². The summed E-state index contributed by atoms with van der Waals surface area (Å²) in [6, 6.07) is 13.5. The summed E-state index contributed by atoms with van der Waals surface area (Å²) in [4.78, 5) is 24.1. The summed E-state index contributed by atoms with van der Waals surface area (Å²) < 4.78 is 0.951. The first kappa shape index (κ1) is 21.0. The van der Waals surface area contributed by atoms with E-state index < -0.39 is 0 Å². The van der Waals surface area contributed by atoms with Crippen molar-refractivity contribution in [2.75, 3.05) is 18.4 Å². The molecule has 0 saturated heterocycles. The number of urea groups is 1. The Morgan fingerprint density at radius 3 is 2.44 bits per heavy atom. The van der Waals surface area contributed by atoms with Crippen molar-refractivity contribution < 1.29 is 9.59 Å². The molecule has 0 radical (unpaired) electrons. The Morgan fingerprint density at radius 1 is 1.04 bits per heavy atom. The average molecular weight is 432 g/mol. The number of hydrogen-bond acceptors (Lipinski definition) is 2. The molecule has 2 rings (SSSR count). The largest absolute Gasteiger partial charge is 0.337 e. The molecule has 0 heterocycles. The van der Waals surface area contributed by atoms with Gasteiger partial charge in [0.25, 0.3) is 0 Å². The van der Waals surface area contributed by atoms with Crippen LogP contribution in [0, 0.1) is 13.8 Å². The number of halogens is 1. The zero-order chi connectivity index (χ0) is 20.0. The molecular weight excluding hydrogens is 406 g/mol. The van der Waals surface area contributed by atoms with Gasteiger partial charge in [0.2, 0.25) is 5.91 Å². The Labute approximate surface area is 169 Å². The molecule has 0 aliphatic heterocycles. The first-order valence-corrected chi connectivity index (χ1v) is 9.61. The van der Waals surface area contributed by atoms with Gasteiger partial charge in [0, 0.05) is 22.1 Å². The van der Waals surface area contributed by atoms with Crippen LogP contribution in [-0.2, 0) is 10.2 Å². The maximum absolute atomic E-state index is 12.0. The molecule has 27 heavy (non-hydrogen) atoms. The third-order valence-corrected chi connectivity index (χ3v) is 4.86. The zero-order valence-corrected chi connectivity index (χ0v) is 17.7. The Kier molecular flexibility index (Phi) is 7.02. The van der Waals surface area contributed by atoms with Gasteiger partial charge in [0.05, 0.1) is 6.54 Å². The van der Waals surface area contributed by atoms with E-state index >= 15 is 0 Å². The van der Waals surface area contributed by atoms with Crippen molar-refractivity contribution in [1.29, 1.82) is 0 Å². The number of hydrogen-bond donors (Lipinski definition) is 3. The molecule has 3 N–H and O–H groups in total. The van der Waals surface area contributed by atoms with Crippen LogP contribution < -0.4 is 16.0 Å². The minimum atomic E-state index is -0.363. The monoisotopic (exact) mass is 431 g/mol. The number of carbonyl (C=O) groups is 2. The third kappa shape index (κ3) is 6.40. The molecule has 2 aromatic rings. The smallest absolute Gasteiger partial charge is 0.315 e. The van der Waals surface area contributed by atoms with Crippen LogP contribution >= 0.6 is 15.9 Å². The number of rotatable bonds is 6. The molecule has 0 aliphatic rings. The summed E-state index contributed by atoms with van der Waals surface area (Å²) in [5.74, 6) is -0.270. The fraction of sp³-hybridized carbons (Fsp3) is 0.333. The maximum Gasteiger partial charge on any atom is 0.315 e. The van der Waals surface area contributed by atoms with Gasteiger partial charge >= 0.3 is 6.03 Å². The lowest BCUT2D eigenvalue weighted by Gasteiger charge is -2.26. The topological polar surface area (TPSA) is 70.2 Å². The highest BCUT2D eigenvalue weighted by Crippen LogP contribution is 2.23. The second-order valence-corrected chi connectivity index (χ2v) is 8.21. The van der Waals surface area contributed by atoms with Crippen LogP contribution in [0.2, 0.25) is 0 Å². The van der Waals surface area contributed by atoms with E-state index in [1.807, 2.05) is 44.2 Å². The molecular formula is C21H26BrN3O2. The molecule has 6 heteroatoms. The van der Waals surface area contributed by atoms with Gasteiger partial charge in [-0.2, -0.15) is 0 Å². The predicted octanol–water partition coefficient (Wildman–Crippen LogP) is 4.28. The van der Waals surface area contributed by atoms with Crippen LogP contribution in [0.5, 0.6) is 0 Å². The number of benzene rings is 2. The molecule has 0 unspecified atom stereocenters. The lowest BCUT2D eigenvalue weighted by atomic mass is 9.84. The second-order valence-electron chi connectivity index (χ2n) is 7.30. The summed E-state index contributed by atoms with van der Waals surface area (Å²) in [5.41, 5.74) is 3.81. The predicted molar refractivity (Wildman–Crippen MR) is 113 cm³/mol. The molecule has 144 valence electrons. The summed E-state index contributed by atoms with van der Waals surface area (Å²) in [5, 5.41) is 8.24. The number of carbonyl (C=O) groups excluding carboxylic acids is 2. The van der Waals surface area contributed by atoms with Crippen molar-refractivity contribution in [3.8, 4) is 0 Å². The molecule has 0 saturated carbocycles. The first-order chi connectivity index (χ1) is 12.7. The van der Waals surface area contributed by atoms with Crippen LogP contribution in [0.4, 0.5) is 10.5 Å². The van der Waals surface area contributed by atoms with Crippen LogP contribution in [0.25, 0.3) is 0 Å². The zero-order valence-electron chi connectivity index (χ0n) is 16.2. The molecule has 0 fully saturated rings. The SMILES string of the molecule is Cc1cccc(C(C)(C)CNC(=O)NCC(=O)Nc2ccc(Br)cc2C)c1. The van der Waals surface area contributed by atoms with E-state index in [2.05, 4.69) is 57.9 Å². The molecule has 0 spiro atoms. The van der Waals surface area contributed by atoms with Gasteiger partial charge in [-0.25, -0.2) is 4.79 Å². The van der Waals surface area contributed by atoms with Gasteiger partial charge in [-0.3, -0.25) is 4.79 Å². The molecule has 2 aromatic carbocycles. The molecule has 0 aliphatic carbocycles. The van der Waals surface area contributed by atoms with Crippen molar-refractivity contribution in [2.45, 2.75) is 33.1 Å². The van der Waals surface area contributed by atoms with E-state index in [1.54, 1.807) is 0 Å². The maximum atomic E-state index is 12.0. The fourth-order valence-electron chi connectivity index (χ4n) is 2.65. The van der Waals surface area contributed by atoms with Crippen LogP contribution in [0.3, 0.4) is 0 Å². The summed E-state index contributed by atoms with van der Waals surface area (Å²) >= 11 is 3.39. The van der Waals surface area contributed by atoms with Crippen molar-refractivity contribution in [3.63, 3.8) is 0 Å². The van der Waals surface area contributed by atoms with Gasteiger partial charge in [0.1, 0.15) is 0 Å². The number of anilines is 1. The summed E-state index contributed by atoms with van der Waals surface area (Å²) in [6.07, 6.45) is 0. The average Bonchev–Trinajstić information content (AvgIpc) is 2.61. The van der Waals surface area contributed by atoms with Crippen molar-refractivity contribution >= 4 is 33.6 Å². The van der Waals surface area contributed by atoms with E-state index in [0.717, 1.165) is 21.3 Å². The lowest BCUT2D eigenvalue weighted by molar-refractivity contribution is -0.115. The number of amides is 3. The summed E-state index contributed by atoms with van der Waals surface area (Å²) in [6.45, 7) is 8.48. The highest BCUT2D eigenvalue weighted by molar-refractivity contribution is 9.10. The van der Waals surface area contributed by atoms with E-state index in [-0.39, 0.29) is 23.9 Å². The van der Waals surface area contributed by atoms with E-state index in [0.29, 0.717) is 6.54 Å². The Morgan fingerprint density at radius 2 is 1.78 bits per heavy atom. The van der Waals surface area contributed by atoms with Gasteiger partial charge in [-0.05, 0) is 43.2 Å². The Bertz CT molecular complexity index is 834. The Hall–Kier alpha value is -2.34. The van der Waals surface area contributed by atoms with Gasteiger partial charge < -0.3 is 16.0 Å². The van der Waals surface area contributed by atoms with Gasteiger partial charge in [-0.1, -0.05) is 59.6 Å². The van der Waals surface area contributed by atoms with Gasteiger partial charge in [0.15, 0.2) is 0 Å². The van der Waals surface area contributed by atoms with Crippen molar-refractivity contribution in [2.24, 2.45) is 0 Å². The quantitative estimate of drug-likeness (QED) is 0.638. The standard InChI is InChI=1S/C21H26BrN3O2/c1-14-6-5-7-16(10-14)21(3,4)13-24-20(27)23-12-19(26)25-18-9-8-17(22)11-15(18)2/h5-11H,12-13H2,1-4H3,(H,25,26)(H2,23,24,27). The third-order valence-electron chi connectivity index (χ3n) is 4.36. The molecule has 0 atom stereocenters. The molecule has 5 nitrogen and oxygen atoms in total. The minimum Gasteiger partial charge on any atom is -0.337 e. The molecule has 3 amide bonds. The molecule has 0 aromatic heterocycles. The highest BCUT2D eigenvalue weighted by Gasteiger charge is 2.21. The van der Waals surface area contributed by atoms with Crippen molar-refractivity contribution in [1.82, 2.24) is 10.6 Å². The normalized spacial score (nSPS) is 11.0. The summed E-state index contributed by atoms with van der Waals surface area (Å²) in [7, 11) is 0. The fourth-order valence-corrected chi connectivity index (χ4v) is 3.13. The lowest BCUT2D eigenvalue weighted by Crippen LogP contribution is -2.44. The van der Waals surface area contributed by atoms with Crippen LogP contribution in [0.1, 0.15) is 30.5 Å². The van der Waals surface area contributed by atoms with Gasteiger partial charge in [-0.15, -0.1) is 0 Å². The number of aryl methyl sites for hydroxylation is 2. The number of nitrogens with one attached hydrogen (secondary N) is 3.